The molecule has 2 N–H and O–H groups in total. The van der Waals surface area contributed by atoms with E-state index < -0.39 is 0 Å². The van der Waals surface area contributed by atoms with Gasteiger partial charge in [-0.15, -0.1) is 33.3 Å². The van der Waals surface area contributed by atoms with Crippen LogP contribution >= 0.6 is 23.1 Å². The number of amides is 1. The zero-order valence-electron chi connectivity index (χ0n) is 21.7. The molecule has 4 rings (SSSR count). The van der Waals surface area contributed by atoms with Gasteiger partial charge in [0.25, 0.3) is 5.91 Å². The summed E-state index contributed by atoms with van der Waals surface area (Å²) in [7, 11) is 0. The van der Waals surface area contributed by atoms with Crippen LogP contribution in [0.4, 0.5) is 0 Å². The number of hydrogen-bond donors (Lipinski definition) is 2. The van der Waals surface area contributed by atoms with Gasteiger partial charge in [0.2, 0.25) is 0 Å². The predicted molar refractivity (Wildman–Crippen MR) is 149 cm³/mol. The quantitative estimate of drug-likeness (QED) is 0.245. The Bertz CT molecular complexity index is 1300. The van der Waals surface area contributed by atoms with Crippen molar-refractivity contribution >= 4 is 29.0 Å². The smallest absolute Gasteiger partial charge is 0.261 e. The highest BCUT2D eigenvalue weighted by molar-refractivity contribution is 7.99. The van der Waals surface area contributed by atoms with E-state index in [-0.39, 0.29) is 23.1 Å². The van der Waals surface area contributed by atoms with E-state index in [0.717, 1.165) is 6.42 Å². The zero-order valence-corrected chi connectivity index (χ0v) is 23.3. The predicted octanol–water partition coefficient (Wildman–Crippen LogP) is 7.02. The maximum atomic E-state index is 12.6. The Labute approximate surface area is 221 Å². The topological polar surface area (TPSA) is 83.6 Å². The van der Waals surface area contributed by atoms with Gasteiger partial charge in [-0.25, -0.2) is 0 Å². The lowest BCUT2D eigenvalue weighted by atomic mass is 9.85. The molecule has 0 spiro atoms. The van der Waals surface area contributed by atoms with Crippen molar-refractivity contribution in [3.05, 3.63) is 80.8 Å². The van der Waals surface area contributed by atoms with Crippen LogP contribution in [0.15, 0.2) is 53.4 Å². The molecule has 8 heteroatoms. The minimum absolute atomic E-state index is 0.121. The summed E-state index contributed by atoms with van der Waals surface area (Å²) in [5.74, 6) is 0.339. The Morgan fingerprint density at radius 3 is 2.36 bits per heavy atom. The number of rotatable bonds is 8. The molecule has 6 nitrogen and oxygen atoms in total. The van der Waals surface area contributed by atoms with E-state index in [1.807, 2.05) is 17.8 Å². The summed E-state index contributed by atoms with van der Waals surface area (Å²) in [5.41, 5.74) is 6.63. The Morgan fingerprint density at radius 2 is 1.78 bits per heavy atom. The first-order valence-electron chi connectivity index (χ1n) is 12.1. The Hall–Kier alpha value is -2.97. The summed E-state index contributed by atoms with van der Waals surface area (Å²) in [6.45, 7) is 13.6. The lowest BCUT2D eigenvalue weighted by Gasteiger charge is -2.20. The summed E-state index contributed by atoms with van der Waals surface area (Å²) < 4.78 is 0. The number of hydrogen-bond acceptors (Lipinski definition) is 6. The van der Waals surface area contributed by atoms with E-state index in [1.165, 1.54) is 37.6 Å². The number of H-pyrrole nitrogens is 1. The maximum Gasteiger partial charge on any atom is 0.261 e. The number of thioether (sulfide) groups is 1. The number of thiophene rings is 1. The molecule has 2 heterocycles. The van der Waals surface area contributed by atoms with Crippen molar-refractivity contribution in [3.8, 4) is 11.1 Å². The third-order valence-electron chi connectivity index (χ3n) is 6.16. The summed E-state index contributed by atoms with van der Waals surface area (Å²) in [5, 5.41) is 16.8. The van der Waals surface area contributed by atoms with Crippen LogP contribution in [0.3, 0.4) is 0 Å². The number of aromatic nitrogens is 4. The van der Waals surface area contributed by atoms with Gasteiger partial charge in [-0.1, -0.05) is 57.2 Å². The molecule has 188 valence electrons. The maximum absolute atomic E-state index is 12.6. The average molecular weight is 520 g/mol. The fourth-order valence-electron chi connectivity index (χ4n) is 4.24. The summed E-state index contributed by atoms with van der Waals surface area (Å²) >= 11 is 3.41. The van der Waals surface area contributed by atoms with Gasteiger partial charge in [0.05, 0.1) is 11.4 Å². The number of nitrogens with one attached hydrogen (secondary N) is 2. The summed E-state index contributed by atoms with van der Waals surface area (Å²) in [4.78, 5) is 15.7. The van der Waals surface area contributed by atoms with Crippen molar-refractivity contribution in [3.63, 3.8) is 0 Å². The van der Waals surface area contributed by atoms with E-state index in [9.17, 15) is 4.79 Å². The Morgan fingerprint density at radius 1 is 1.08 bits per heavy atom. The monoisotopic (exact) mass is 519 g/mol. The molecule has 1 atom stereocenters. The number of nitrogens with zero attached hydrogens (tertiary/aromatic N) is 3. The number of carbonyl (C=O) groups excluding carboxylic acids is 1. The fourth-order valence-corrected chi connectivity index (χ4v) is 6.70. The zero-order chi connectivity index (χ0) is 25.9. The van der Waals surface area contributed by atoms with Crippen LogP contribution in [0, 0.1) is 13.8 Å². The van der Waals surface area contributed by atoms with E-state index >= 15 is 0 Å². The van der Waals surface area contributed by atoms with Gasteiger partial charge in [-0.3, -0.25) is 4.79 Å². The molecule has 4 aromatic rings. The van der Waals surface area contributed by atoms with Crippen LogP contribution in [0.1, 0.15) is 76.4 Å². The van der Waals surface area contributed by atoms with E-state index in [1.54, 1.807) is 11.3 Å². The lowest BCUT2D eigenvalue weighted by Crippen LogP contribution is -2.22. The van der Waals surface area contributed by atoms with Crippen molar-refractivity contribution in [1.82, 2.24) is 25.9 Å². The van der Waals surface area contributed by atoms with Crippen LogP contribution in [-0.2, 0) is 12.0 Å². The first-order chi connectivity index (χ1) is 17.2. The molecule has 0 fully saturated rings. The summed E-state index contributed by atoms with van der Waals surface area (Å²) in [6.07, 6.45) is 0.975. The number of benzene rings is 2. The molecule has 2 aromatic heterocycles. The Balaban J connectivity index is 1.48. The molecule has 0 saturated heterocycles. The summed E-state index contributed by atoms with van der Waals surface area (Å²) in [6, 6.07) is 17.5. The molecular weight excluding hydrogens is 486 g/mol. The normalized spacial score (nSPS) is 12.5. The average Bonchev–Trinajstić information content (AvgIpc) is 3.53. The molecule has 0 aliphatic heterocycles. The van der Waals surface area contributed by atoms with Crippen LogP contribution in [0.2, 0.25) is 0 Å². The van der Waals surface area contributed by atoms with Gasteiger partial charge in [0, 0.05) is 15.0 Å². The largest absolute Gasteiger partial charge is 0.344 e. The van der Waals surface area contributed by atoms with E-state index in [2.05, 4.69) is 110 Å². The minimum atomic E-state index is -0.121. The van der Waals surface area contributed by atoms with Crippen LogP contribution < -0.4 is 5.32 Å². The highest BCUT2D eigenvalue weighted by Crippen LogP contribution is 2.42. The molecule has 1 amide bonds. The SMILES string of the molecule is CC[C@@H](Sc1cc(C)c(-c2ccc(C(C)(C)C)cc2)c(C)c1)c1ccc(C(=O)NCc2nn[nH]n2)s1. The molecular formula is C28H33N5OS2. The number of aryl methyl sites for hydroxylation is 2. The third-order valence-corrected chi connectivity index (χ3v) is 8.89. The second kappa shape index (κ2) is 11.0. The number of aromatic amines is 1. The highest BCUT2D eigenvalue weighted by atomic mass is 32.2. The van der Waals surface area contributed by atoms with Crippen molar-refractivity contribution < 1.29 is 4.79 Å². The van der Waals surface area contributed by atoms with Gasteiger partial charge in [-0.05, 0) is 77.8 Å². The van der Waals surface area contributed by atoms with Gasteiger partial charge >= 0.3 is 0 Å². The lowest BCUT2D eigenvalue weighted by molar-refractivity contribution is 0.0954. The number of carbonyl (C=O) groups is 1. The molecule has 0 aliphatic rings. The fraction of sp³-hybridized carbons (Fsp3) is 0.357. The van der Waals surface area contributed by atoms with Crippen molar-refractivity contribution in [2.45, 2.75) is 70.1 Å². The second-order valence-corrected chi connectivity index (χ2v) is 12.4. The van der Waals surface area contributed by atoms with Crippen molar-refractivity contribution in [1.29, 1.82) is 0 Å². The highest BCUT2D eigenvalue weighted by Gasteiger charge is 2.19. The standard InChI is InChI=1S/C28H33N5OS2/c1-7-22(23-12-13-24(36-23)27(34)29-16-25-30-32-33-31-25)35-21-14-17(2)26(18(3)15-21)19-8-10-20(11-9-19)28(4,5)6/h8-15,22H,7,16H2,1-6H3,(H,29,34)(H,30,31,32,33)/t22-/m1/s1. The molecule has 0 bridgehead atoms. The van der Waals surface area contributed by atoms with E-state index in [4.69, 9.17) is 0 Å². The van der Waals surface area contributed by atoms with Crippen molar-refractivity contribution in [2.75, 3.05) is 0 Å². The van der Waals surface area contributed by atoms with Crippen LogP contribution in [0.25, 0.3) is 11.1 Å². The van der Waals surface area contributed by atoms with Gasteiger partial charge in [-0.2, -0.15) is 5.21 Å². The molecule has 0 radical (unpaired) electrons. The number of tetrazole rings is 1. The van der Waals surface area contributed by atoms with Gasteiger partial charge < -0.3 is 5.32 Å². The van der Waals surface area contributed by atoms with Crippen LogP contribution in [0.5, 0.6) is 0 Å². The van der Waals surface area contributed by atoms with Crippen molar-refractivity contribution in [2.24, 2.45) is 0 Å². The first kappa shape index (κ1) is 26.1. The second-order valence-electron chi connectivity index (χ2n) is 9.99. The molecule has 36 heavy (non-hydrogen) atoms. The minimum Gasteiger partial charge on any atom is -0.344 e. The molecule has 0 aliphatic carbocycles. The molecule has 2 aromatic carbocycles. The molecule has 0 saturated carbocycles. The van der Waals surface area contributed by atoms with E-state index in [0.29, 0.717) is 10.7 Å². The van der Waals surface area contributed by atoms with Gasteiger partial charge in [0.1, 0.15) is 0 Å². The third kappa shape index (κ3) is 6.05. The Kier molecular flexibility index (Phi) is 7.95. The first-order valence-corrected chi connectivity index (χ1v) is 13.8. The van der Waals surface area contributed by atoms with Crippen LogP contribution in [-0.4, -0.2) is 26.5 Å². The van der Waals surface area contributed by atoms with Gasteiger partial charge in [0.15, 0.2) is 5.82 Å². The molecule has 0 unspecified atom stereocenters.